The molecule has 1 saturated carbocycles. The van der Waals surface area contributed by atoms with Crippen molar-refractivity contribution in [3.05, 3.63) is 0 Å². The van der Waals surface area contributed by atoms with Crippen molar-refractivity contribution in [1.29, 1.82) is 0 Å². The fourth-order valence-electron chi connectivity index (χ4n) is 2.16. The molecule has 1 aliphatic heterocycles. The van der Waals surface area contributed by atoms with Crippen LogP contribution in [0, 0.1) is 0 Å². The van der Waals surface area contributed by atoms with E-state index in [1.54, 1.807) is 0 Å². The summed E-state index contributed by atoms with van der Waals surface area (Å²) in [6.07, 6.45) is 2.10. The van der Waals surface area contributed by atoms with Gasteiger partial charge in [0.2, 0.25) is 5.91 Å². The van der Waals surface area contributed by atoms with Crippen LogP contribution < -0.4 is 5.32 Å². The number of carbonyl (C=O) groups is 2. The predicted octanol–water partition coefficient (Wildman–Crippen LogP) is -0.188. The van der Waals surface area contributed by atoms with Crippen LogP contribution in [0.25, 0.3) is 0 Å². The lowest BCUT2D eigenvalue weighted by molar-refractivity contribution is -0.144. The first-order valence-corrected chi connectivity index (χ1v) is 5.36. The summed E-state index contributed by atoms with van der Waals surface area (Å²) in [4.78, 5) is 24.4. The molecular weight excluding hydrogens is 196 g/mol. The Morgan fingerprint density at radius 2 is 2.27 bits per heavy atom. The fourth-order valence-corrected chi connectivity index (χ4v) is 2.16. The molecule has 0 radical (unpaired) electrons. The Morgan fingerprint density at radius 1 is 1.60 bits per heavy atom. The molecule has 2 N–H and O–H groups in total. The number of amides is 1. The molecule has 1 saturated heterocycles. The van der Waals surface area contributed by atoms with Crippen LogP contribution in [0.15, 0.2) is 0 Å². The van der Waals surface area contributed by atoms with Gasteiger partial charge in [0, 0.05) is 18.6 Å². The average Bonchev–Trinajstić information content (AvgIpc) is 2.91. The van der Waals surface area contributed by atoms with Gasteiger partial charge in [0.05, 0.1) is 12.5 Å². The van der Waals surface area contributed by atoms with Crippen LogP contribution in [0.2, 0.25) is 0 Å². The maximum Gasteiger partial charge on any atom is 0.305 e. The molecule has 0 aromatic heterocycles. The van der Waals surface area contributed by atoms with Gasteiger partial charge in [-0.15, -0.1) is 0 Å². The number of hydrogen-bond donors (Lipinski definition) is 2. The molecule has 84 valence electrons. The summed E-state index contributed by atoms with van der Waals surface area (Å²) < 4.78 is 0. The summed E-state index contributed by atoms with van der Waals surface area (Å²) >= 11 is 0. The number of nitrogens with zero attached hydrogens (tertiary/aromatic N) is 1. The first-order valence-electron chi connectivity index (χ1n) is 5.36. The number of hydrogen-bond acceptors (Lipinski definition) is 3. The zero-order valence-corrected chi connectivity index (χ0v) is 8.77. The Kier molecular flexibility index (Phi) is 2.65. The summed E-state index contributed by atoms with van der Waals surface area (Å²) in [7, 11) is 0. The summed E-state index contributed by atoms with van der Waals surface area (Å²) in [5, 5.41) is 11.6. The van der Waals surface area contributed by atoms with Crippen LogP contribution in [0.1, 0.15) is 26.2 Å². The minimum absolute atomic E-state index is 0.0882. The highest BCUT2D eigenvalue weighted by atomic mass is 16.4. The van der Waals surface area contributed by atoms with Gasteiger partial charge in [0.15, 0.2) is 0 Å². The third-order valence-electron chi connectivity index (χ3n) is 2.96. The number of rotatable bonds is 3. The molecule has 0 spiro atoms. The molecule has 1 amide bonds. The van der Waals surface area contributed by atoms with E-state index in [9.17, 15) is 9.59 Å². The van der Waals surface area contributed by atoms with E-state index in [-0.39, 0.29) is 18.4 Å². The second-order valence-corrected chi connectivity index (χ2v) is 4.45. The van der Waals surface area contributed by atoms with Gasteiger partial charge in [-0.05, 0) is 19.8 Å². The van der Waals surface area contributed by atoms with Crippen molar-refractivity contribution in [3.8, 4) is 0 Å². The fraction of sp³-hybridized carbons (Fsp3) is 0.800. The zero-order valence-electron chi connectivity index (χ0n) is 8.77. The maximum atomic E-state index is 11.7. The number of nitrogens with one attached hydrogen (secondary N) is 1. The topological polar surface area (TPSA) is 69.6 Å². The number of carbonyl (C=O) groups excluding carboxylic acids is 1. The van der Waals surface area contributed by atoms with Gasteiger partial charge in [-0.2, -0.15) is 0 Å². The van der Waals surface area contributed by atoms with Gasteiger partial charge in [-0.25, -0.2) is 0 Å². The highest BCUT2D eigenvalue weighted by Crippen LogP contribution is 2.31. The monoisotopic (exact) mass is 212 g/mol. The van der Waals surface area contributed by atoms with Gasteiger partial charge in [0.25, 0.3) is 0 Å². The van der Waals surface area contributed by atoms with E-state index in [0.717, 1.165) is 19.4 Å². The molecule has 0 bridgehead atoms. The quantitative estimate of drug-likeness (QED) is 0.680. The molecule has 2 aliphatic rings. The Labute approximate surface area is 88.4 Å². The lowest BCUT2D eigenvalue weighted by Gasteiger charge is -2.37. The van der Waals surface area contributed by atoms with Crippen molar-refractivity contribution >= 4 is 11.9 Å². The largest absolute Gasteiger partial charge is 0.481 e. The van der Waals surface area contributed by atoms with Crippen LogP contribution in [0.5, 0.6) is 0 Å². The van der Waals surface area contributed by atoms with Crippen LogP contribution in [0.3, 0.4) is 0 Å². The third-order valence-corrected chi connectivity index (χ3v) is 2.96. The van der Waals surface area contributed by atoms with Gasteiger partial charge in [-0.1, -0.05) is 0 Å². The second kappa shape index (κ2) is 3.81. The van der Waals surface area contributed by atoms with Gasteiger partial charge >= 0.3 is 5.97 Å². The Hall–Kier alpha value is -1.10. The summed E-state index contributed by atoms with van der Waals surface area (Å²) in [6.45, 7) is 2.72. The van der Waals surface area contributed by atoms with E-state index in [0.29, 0.717) is 6.04 Å². The number of carboxylic acid groups (broad SMARTS) is 1. The molecule has 1 heterocycles. The van der Waals surface area contributed by atoms with Crippen molar-refractivity contribution in [1.82, 2.24) is 10.2 Å². The normalized spacial score (nSPS) is 32.5. The van der Waals surface area contributed by atoms with E-state index in [4.69, 9.17) is 5.11 Å². The standard InChI is InChI=1S/C10H16N2O3/c1-6-5-12(7-2-3-7)8(4-9(13)14)10(15)11-6/h6-8H,2-5H2,1H3,(H,11,15)(H,13,14). The Bertz CT molecular complexity index is 288. The van der Waals surface area contributed by atoms with Crippen LogP contribution in [-0.4, -0.2) is 46.6 Å². The molecule has 2 rings (SSSR count). The molecule has 0 aromatic rings. The van der Waals surface area contributed by atoms with Crippen molar-refractivity contribution in [2.45, 2.75) is 44.3 Å². The predicted molar refractivity (Wildman–Crippen MR) is 53.4 cm³/mol. The smallest absolute Gasteiger partial charge is 0.305 e. The SMILES string of the molecule is CC1CN(C2CC2)C(CC(=O)O)C(=O)N1. The highest BCUT2D eigenvalue weighted by Gasteiger charge is 2.41. The average molecular weight is 212 g/mol. The molecule has 5 nitrogen and oxygen atoms in total. The molecule has 1 aliphatic carbocycles. The first-order chi connectivity index (χ1) is 7.08. The van der Waals surface area contributed by atoms with Crippen LogP contribution >= 0.6 is 0 Å². The Morgan fingerprint density at radius 3 is 2.80 bits per heavy atom. The minimum atomic E-state index is -0.907. The lowest BCUT2D eigenvalue weighted by atomic mass is 10.1. The number of aliphatic carboxylic acids is 1. The van der Waals surface area contributed by atoms with E-state index >= 15 is 0 Å². The molecule has 15 heavy (non-hydrogen) atoms. The molecule has 2 unspecified atom stereocenters. The molecule has 2 atom stereocenters. The van der Waals surface area contributed by atoms with Gasteiger partial charge in [-0.3, -0.25) is 14.5 Å². The molecular formula is C10H16N2O3. The second-order valence-electron chi connectivity index (χ2n) is 4.45. The highest BCUT2D eigenvalue weighted by molar-refractivity contribution is 5.87. The summed E-state index contributed by atoms with van der Waals surface area (Å²) in [5.41, 5.74) is 0. The summed E-state index contributed by atoms with van der Waals surface area (Å²) in [5.74, 6) is -1.04. The summed E-state index contributed by atoms with van der Waals surface area (Å²) in [6, 6.07) is 0.0946. The van der Waals surface area contributed by atoms with E-state index in [1.165, 1.54) is 0 Å². The van der Waals surface area contributed by atoms with E-state index in [2.05, 4.69) is 10.2 Å². The van der Waals surface area contributed by atoms with Crippen molar-refractivity contribution < 1.29 is 14.7 Å². The molecule has 5 heteroatoms. The van der Waals surface area contributed by atoms with Crippen molar-refractivity contribution in [3.63, 3.8) is 0 Å². The van der Waals surface area contributed by atoms with Crippen LogP contribution in [0.4, 0.5) is 0 Å². The molecule has 0 aromatic carbocycles. The van der Waals surface area contributed by atoms with E-state index in [1.807, 2.05) is 6.92 Å². The lowest BCUT2D eigenvalue weighted by Crippen LogP contribution is -2.60. The maximum absolute atomic E-state index is 11.7. The van der Waals surface area contributed by atoms with Gasteiger partial charge < -0.3 is 10.4 Å². The Balaban J connectivity index is 2.07. The van der Waals surface area contributed by atoms with Gasteiger partial charge in [0.1, 0.15) is 0 Å². The number of carboxylic acids is 1. The van der Waals surface area contributed by atoms with E-state index < -0.39 is 12.0 Å². The van der Waals surface area contributed by atoms with Crippen LogP contribution in [-0.2, 0) is 9.59 Å². The molecule has 2 fully saturated rings. The zero-order chi connectivity index (χ0) is 11.0. The number of piperazine rings is 1. The first kappa shape index (κ1) is 10.4. The van der Waals surface area contributed by atoms with Crippen molar-refractivity contribution in [2.24, 2.45) is 0 Å². The van der Waals surface area contributed by atoms with Crippen molar-refractivity contribution in [2.75, 3.05) is 6.54 Å². The third kappa shape index (κ3) is 2.28. The minimum Gasteiger partial charge on any atom is -0.481 e.